The van der Waals surface area contributed by atoms with E-state index in [0.717, 1.165) is 16.2 Å². The lowest BCUT2D eigenvalue weighted by atomic mass is 10.1. The molecule has 4 heteroatoms. The highest BCUT2D eigenvalue weighted by molar-refractivity contribution is 7.98. The van der Waals surface area contributed by atoms with Crippen molar-refractivity contribution in [1.82, 2.24) is 0 Å². The van der Waals surface area contributed by atoms with Crippen molar-refractivity contribution in [2.24, 2.45) is 0 Å². The summed E-state index contributed by atoms with van der Waals surface area (Å²) in [6.07, 6.45) is 5.32. The first-order valence-electron chi connectivity index (χ1n) is 7.35. The molecule has 0 aliphatic carbocycles. The lowest BCUT2D eigenvalue weighted by Crippen LogP contribution is -1.97. The summed E-state index contributed by atoms with van der Waals surface area (Å²) in [5.41, 5.74) is 1.49. The van der Waals surface area contributed by atoms with Crippen LogP contribution < -0.4 is 9.47 Å². The number of benzene rings is 2. The summed E-state index contributed by atoms with van der Waals surface area (Å²) in [6.45, 7) is 2.53. The summed E-state index contributed by atoms with van der Waals surface area (Å²) >= 11 is 1.59. The Kier molecular flexibility index (Phi) is 6.29. The number of rotatable bonds is 7. The van der Waals surface area contributed by atoms with Crippen LogP contribution in [0, 0.1) is 0 Å². The number of carbonyl (C=O) groups excluding carboxylic acids is 1. The number of hydrogen-bond donors (Lipinski definition) is 0. The van der Waals surface area contributed by atoms with Gasteiger partial charge < -0.3 is 9.47 Å². The van der Waals surface area contributed by atoms with Crippen LogP contribution in [0.15, 0.2) is 53.4 Å². The minimum atomic E-state index is -0.0674. The zero-order valence-corrected chi connectivity index (χ0v) is 14.4. The molecule has 0 aliphatic heterocycles. The number of allylic oxidation sites excluding steroid dienone is 1. The predicted molar refractivity (Wildman–Crippen MR) is 95.8 cm³/mol. The van der Waals surface area contributed by atoms with Crippen molar-refractivity contribution >= 4 is 23.6 Å². The SMILES string of the molecule is CCOc1ccccc1/C=C/C(=O)c1ccc(SC)c(OC)c1. The van der Waals surface area contributed by atoms with E-state index in [9.17, 15) is 4.79 Å². The molecule has 0 N–H and O–H groups in total. The van der Waals surface area contributed by atoms with Gasteiger partial charge in [-0.15, -0.1) is 11.8 Å². The summed E-state index contributed by atoms with van der Waals surface area (Å²) in [4.78, 5) is 13.4. The van der Waals surface area contributed by atoms with Gasteiger partial charge >= 0.3 is 0 Å². The molecule has 3 nitrogen and oxygen atoms in total. The Balaban J connectivity index is 2.22. The van der Waals surface area contributed by atoms with Crippen LogP contribution in [0.5, 0.6) is 11.5 Å². The van der Waals surface area contributed by atoms with E-state index in [1.54, 1.807) is 37.1 Å². The van der Waals surface area contributed by atoms with Crippen LogP contribution in [0.25, 0.3) is 6.08 Å². The van der Waals surface area contributed by atoms with Gasteiger partial charge in [0.15, 0.2) is 5.78 Å². The second-order valence-corrected chi connectivity index (χ2v) is 5.59. The van der Waals surface area contributed by atoms with Crippen molar-refractivity contribution in [2.45, 2.75) is 11.8 Å². The second kappa shape index (κ2) is 8.44. The first-order valence-corrected chi connectivity index (χ1v) is 8.58. The fourth-order valence-electron chi connectivity index (χ4n) is 2.16. The van der Waals surface area contributed by atoms with E-state index in [4.69, 9.17) is 9.47 Å². The van der Waals surface area contributed by atoms with Crippen molar-refractivity contribution in [3.05, 3.63) is 59.7 Å². The maximum Gasteiger partial charge on any atom is 0.185 e. The first-order chi connectivity index (χ1) is 11.2. The molecule has 0 atom stereocenters. The van der Waals surface area contributed by atoms with E-state index in [0.29, 0.717) is 17.9 Å². The lowest BCUT2D eigenvalue weighted by molar-refractivity contribution is 0.104. The van der Waals surface area contributed by atoms with E-state index < -0.39 is 0 Å². The van der Waals surface area contributed by atoms with E-state index in [2.05, 4.69) is 0 Å². The van der Waals surface area contributed by atoms with Crippen LogP contribution in [0.1, 0.15) is 22.8 Å². The summed E-state index contributed by atoms with van der Waals surface area (Å²) < 4.78 is 10.9. The van der Waals surface area contributed by atoms with Crippen molar-refractivity contribution in [3.8, 4) is 11.5 Å². The standard InChI is InChI=1S/C19H20O3S/c1-4-22-17-8-6-5-7-14(17)9-11-16(20)15-10-12-19(23-3)18(13-15)21-2/h5-13H,4H2,1-3H3/b11-9+. The van der Waals surface area contributed by atoms with Crippen LogP contribution in [-0.4, -0.2) is 25.8 Å². The molecular weight excluding hydrogens is 308 g/mol. The molecule has 2 aromatic rings. The molecule has 0 unspecified atom stereocenters. The number of methoxy groups -OCH3 is 1. The zero-order valence-electron chi connectivity index (χ0n) is 13.5. The van der Waals surface area contributed by atoms with Gasteiger partial charge in [-0.05, 0) is 49.6 Å². The zero-order chi connectivity index (χ0) is 16.7. The third kappa shape index (κ3) is 4.39. The van der Waals surface area contributed by atoms with E-state index >= 15 is 0 Å². The molecule has 0 spiro atoms. The summed E-state index contributed by atoms with van der Waals surface area (Å²) in [5.74, 6) is 1.42. The smallest absolute Gasteiger partial charge is 0.185 e. The average Bonchev–Trinajstić information content (AvgIpc) is 2.60. The topological polar surface area (TPSA) is 35.5 Å². The number of hydrogen-bond acceptors (Lipinski definition) is 4. The Morgan fingerprint density at radius 2 is 1.96 bits per heavy atom. The third-order valence-electron chi connectivity index (χ3n) is 3.30. The van der Waals surface area contributed by atoms with E-state index in [1.807, 2.05) is 49.6 Å². The van der Waals surface area contributed by atoms with Crippen LogP contribution >= 0.6 is 11.8 Å². The summed E-state index contributed by atoms with van der Waals surface area (Å²) in [7, 11) is 1.61. The molecule has 0 bridgehead atoms. The molecule has 0 saturated carbocycles. The van der Waals surface area contributed by atoms with Gasteiger partial charge in [-0.2, -0.15) is 0 Å². The number of carbonyl (C=O) groups is 1. The molecule has 0 aliphatic rings. The number of ketones is 1. The second-order valence-electron chi connectivity index (χ2n) is 4.74. The normalized spacial score (nSPS) is 10.7. The highest BCUT2D eigenvalue weighted by Crippen LogP contribution is 2.28. The van der Waals surface area contributed by atoms with Gasteiger partial charge in [0.2, 0.25) is 0 Å². The van der Waals surface area contributed by atoms with Crippen LogP contribution in [0.4, 0.5) is 0 Å². The average molecular weight is 328 g/mol. The minimum Gasteiger partial charge on any atom is -0.496 e. The highest BCUT2D eigenvalue weighted by atomic mass is 32.2. The van der Waals surface area contributed by atoms with Crippen LogP contribution in [-0.2, 0) is 0 Å². The Bertz CT molecular complexity index is 708. The van der Waals surface area contributed by atoms with Crippen LogP contribution in [0.2, 0.25) is 0 Å². The Labute approximate surface area is 141 Å². The van der Waals surface area contributed by atoms with E-state index in [-0.39, 0.29) is 5.78 Å². The first kappa shape index (κ1) is 17.2. The van der Waals surface area contributed by atoms with Gasteiger partial charge in [-0.3, -0.25) is 4.79 Å². The Hall–Kier alpha value is -2.20. The van der Waals surface area contributed by atoms with Gasteiger partial charge in [0.25, 0.3) is 0 Å². The van der Waals surface area contributed by atoms with Crippen LogP contribution in [0.3, 0.4) is 0 Å². The Morgan fingerprint density at radius 3 is 2.65 bits per heavy atom. The molecule has 0 heterocycles. The van der Waals surface area contributed by atoms with Gasteiger partial charge in [0.1, 0.15) is 11.5 Å². The lowest BCUT2D eigenvalue weighted by Gasteiger charge is -2.08. The third-order valence-corrected chi connectivity index (χ3v) is 4.08. The van der Waals surface area contributed by atoms with Gasteiger partial charge in [0.05, 0.1) is 13.7 Å². The fraction of sp³-hybridized carbons (Fsp3) is 0.211. The molecule has 0 fully saturated rings. The van der Waals surface area contributed by atoms with Crippen molar-refractivity contribution in [1.29, 1.82) is 0 Å². The largest absolute Gasteiger partial charge is 0.496 e. The quantitative estimate of drug-likeness (QED) is 0.419. The van der Waals surface area contributed by atoms with Gasteiger partial charge in [-0.1, -0.05) is 18.2 Å². The molecule has 0 amide bonds. The minimum absolute atomic E-state index is 0.0674. The summed E-state index contributed by atoms with van der Waals surface area (Å²) in [5, 5.41) is 0. The molecule has 0 saturated heterocycles. The molecular formula is C19H20O3S. The van der Waals surface area contributed by atoms with Crippen molar-refractivity contribution in [3.63, 3.8) is 0 Å². The van der Waals surface area contributed by atoms with Gasteiger partial charge in [0, 0.05) is 16.0 Å². The number of para-hydroxylation sites is 1. The van der Waals surface area contributed by atoms with Crippen molar-refractivity contribution < 1.29 is 14.3 Å². The molecule has 23 heavy (non-hydrogen) atoms. The number of thioether (sulfide) groups is 1. The predicted octanol–water partition coefficient (Wildman–Crippen LogP) is 4.71. The van der Waals surface area contributed by atoms with E-state index in [1.165, 1.54) is 0 Å². The van der Waals surface area contributed by atoms with Gasteiger partial charge in [-0.25, -0.2) is 0 Å². The fourth-order valence-corrected chi connectivity index (χ4v) is 2.70. The molecule has 0 aromatic heterocycles. The molecule has 0 radical (unpaired) electrons. The monoisotopic (exact) mass is 328 g/mol. The molecule has 2 aromatic carbocycles. The van der Waals surface area contributed by atoms with Crippen molar-refractivity contribution in [2.75, 3.05) is 20.0 Å². The summed E-state index contributed by atoms with van der Waals surface area (Å²) in [6, 6.07) is 13.1. The number of ether oxygens (including phenoxy) is 2. The highest BCUT2D eigenvalue weighted by Gasteiger charge is 2.08. The maximum atomic E-state index is 12.4. The molecule has 120 valence electrons. The Morgan fingerprint density at radius 1 is 1.17 bits per heavy atom. The maximum absolute atomic E-state index is 12.4. The molecule has 2 rings (SSSR count).